The van der Waals surface area contributed by atoms with Gasteiger partial charge in [-0.3, -0.25) is 0 Å². The summed E-state index contributed by atoms with van der Waals surface area (Å²) in [7, 11) is -3.34. The van der Waals surface area contributed by atoms with Crippen LogP contribution >= 0.6 is 0 Å². The van der Waals surface area contributed by atoms with Crippen molar-refractivity contribution in [1.82, 2.24) is 4.31 Å². The second-order valence-electron chi connectivity index (χ2n) is 7.29. The van der Waals surface area contributed by atoms with Gasteiger partial charge < -0.3 is 5.11 Å². The molecule has 5 heteroatoms. The van der Waals surface area contributed by atoms with Gasteiger partial charge in [-0.05, 0) is 33.6 Å². The Bertz CT molecular complexity index is 400. The Kier molecular flexibility index (Phi) is 7.14. The number of nitrogens with zero attached hydrogens (tertiary/aromatic N) is 1. The molecule has 4 nitrogen and oxygen atoms in total. The fourth-order valence-corrected chi connectivity index (χ4v) is 4.59. The van der Waals surface area contributed by atoms with Crippen molar-refractivity contribution in [3.8, 4) is 0 Å². The fraction of sp³-hybridized carbons (Fsp3) is 1.00. The summed E-state index contributed by atoms with van der Waals surface area (Å²) in [4.78, 5) is 0. The predicted molar refractivity (Wildman–Crippen MR) is 87.8 cm³/mol. The number of rotatable bonds is 8. The maximum atomic E-state index is 12.6. The number of hydrogen-bond donors (Lipinski definition) is 1. The molecule has 0 aromatic carbocycles. The number of sulfonamides is 1. The Morgan fingerprint density at radius 3 is 2.24 bits per heavy atom. The van der Waals surface area contributed by atoms with Gasteiger partial charge in [0.05, 0.1) is 10.9 Å². The van der Waals surface area contributed by atoms with Crippen molar-refractivity contribution >= 4 is 10.0 Å². The van der Waals surface area contributed by atoms with Gasteiger partial charge in [0.25, 0.3) is 0 Å². The SMILES string of the molecule is CCCCCCCC[C@H]1C[C@@H](O)CN1S(=O)(=O)C(C)(C)C. The van der Waals surface area contributed by atoms with Gasteiger partial charge >= 0.3 is 0 Å². The predicted octanol–water partition coefficient (Wildman–Crippen LogP) is 3.30. The Morgan fingerprint density at radius 2 is 1.67 bits per heavy atom. The first-order valence-corrected chi connectivity index (χ1v) is 9.83. The van der Waals surface area contributed by atoms with Gasteiger partial charge in [-0.25, -0.2) is 8.42 Å². The van der Waals surface area contributed by atoms with Crippen LogP contribution in [0.2, 0.25) is 0 Å². The van der Waals surface area contributed by atoms with Crippen LogP contribution in [0.15, 0.2) is 0 Å². The monoisotopic (exact) mass is 319 g/mol. The smallest absolute Gasteiger partial charge is 0.219 e. The molecule has 0 aliphatic carbocycles. The topological polar surface area (TPSA) is 57.6 Å². The van der Waals surface area contributed by atoms with Crippen molar-refractivity contribution in [3.63, 3.8) is 0 Å². The number of β-amino-alcohol motifs (C(OH)–C–C–N with tert-alkyl or cyclic N) is 1. The lowest BCUT2D eigenvalue weighted by Gasteiger charge is -2.31. The second kappa shape index (κ2) is 7.93. The van der Waals surface area contributed by atoms with E-state index in [0.29, 0.717) is 6.42 Å². The van der Waals surface area contributed by atoms with Gasteiger partial charge in [-0.2, -0.15) is 4.31 Å². The summed E-state index contributed by atoms with van der Waals surface area (Å²) < 4.78 is 26.0. The molecule has 0 amide bonds. The molecule has 1 N–H and O–H groups in total. The van der Waals surface area contributed by atoms with E-state index in [2.05, 4.69) is 6.92 Å². The molecule has 0 bridgehead atoms. The van der Waals surface area contributed by atoms with Crippen LogP contribution in [0.25, 0.3) is 0 Å². The molecule has 1 aliphatic rings. The zero-order chi connectivity index (χ0) is 16.1. The van der Waals surface area contributed by atoms with Crippen molar-refractivity contribution in [2.45, 2.75) is 96.0 Å². The maximum absolute atomic E-state index is 12.6. The molecule has 0 aromatic heterocycles. The molecule has 126 valence electrons. The minimum Gasteiger partial charge on any atom is -0.392 e. The largest absolute Gasteiger partial charge is 0.392 e. The third kappa shape index (κ3) is 5.22. The van der Waals surface area contributed by atoms with Crippen LogP contribution in [0, 0.1) is 0 Å². The van der Waals surface area contributed by atoms with E-state index in [9.17, 15) is 13.5 Å². The van der Waals surface area contributed by atoms with E-state index in [1.807, 2.05) is 0 Å². The third-order valence-corrected chi connectivity index (χ3v) is 6.93. The molecular weight excluding hydrogens is 286 g/mol. The highest BCUT2D eigenvalue weighted by Crippen LogP contribution is 2.31. The number of aliphatic hydroxyl groups excluding tert-OH is 1. The summed E-state index contributed by atoms with van der Waals surface area (Å²) in [6.07, 6.45) is 8.20. The zero-order valence-corrected chi connectivity index (χ0v) is 15.0. The summed E-state index contributed by atoms with van der Waals surface area (Å²) in [6, 6.07) is -0.0181. The van der Waals surface area contributed by atoms with Crippen molar-refractivity contribution in [3.05, 3.63) is 0 Å². The lowest BCUT2D eigenvalue weighted by molar-refractivity contribution is 0.188. The van der Waals surface area contributed by atoms with E-state index in [1.54, 1.807) is 25.1 Å². The summed E-state index contributed by atoms with van der Waals surface area (Å²) in [5.41, 5.74) is 0. The van der Waals surface area contributed by atoms with Crippen LogP contribution in [0.5, 0.6) is 0 Å². The maximum Gasteiger partial charge on any atom is 0.219 e. The highest BCUT2D eigenvalue weighted by Gasteiger charge is 2.43. The van der Waals surface area contributed by atoms with Crippen molar-refractivity contribution < 1.29 is 13.5 Å². The van der Waals surface area contributed by atoms with E-state index in [1.165, 1.54) is 25.7 Å². The van der Waals surface area contributed by atoms with Gasteiger partial charge in [0.1, 0.15) is 0 Å². The quantitative estimate of drug-likeness (QED) is 0.698. The standard InChI is InChI=1S/C16H33NO3S/c1-5-6-7-8-9-10-11-14-12-15(18)13-17(14)21(19,20)16(2,3)4/h14-15,18H,5-13H2,1-4H3/t14-,15+/m0/s1. The highest BCUT2D eigenvalue weighted by atomic mass is 32.2. The summed E-state index contributed by atoms with van der Waals surface area (Å²) in [5, 5.41) is 9.87. The van der Waals surface area contributed by atoms with E-state index in [4.69, 9.17) is 0 Å². The molecule has 0 unspecified atom stereocenters. The van der Waals surface area contributed by atoms with Gasteiger partial charge in [0, 0.05) is 12.6 Å². The molecule has 1 rings (SSSR count). The number of unbranched alkanes of at least 4 members (excludes halogenated alkanes) is 5. The van der Waals surface area contributed by atoms with E-state index < -0.39 is 20.9 Å². The number of aliphatic hydroxyl groups is 1. The van der Waals surface area contributed by atoms with Crippen molar-refractivity contribution in [2.24, 2.45) is 0 Å². The lowest BCUT2D eigenvalue weighted by atomic mass is 10.0. The van der Waals surface area contributed by atoms with E-state index in [-0.39, 0.29) is 12.6 Å². The minimum absolute atomic E-state index is 0.0181. The number of hydrogen-bond acceptors (Lipinski definition) is 3. The summed E-state index contributed by atoms with van der Waals surface area (Å²) >= 11 is 0. The summed E-state index contributed by atoms with van der Waals surface area (Å²) in [5.74, 6) is 0. The molecule has 0 radical (unpaired) electrons. The molecule has 1 heterocycles. The van der Waals surface area contributed by atoms with Gasteiger partial charge in [-0.1, -0.05) is 45.4 Å². The minimum atomic E-state index is -3.34. The average Bonchev–Trinajstić information content (AvgIpc) is 2.74. The molecule has 0 spiro atoms. The van der Waals surface area contributed by atoms with E-state index in [0.717, 1.165) is 19.3 Å². The molecule has 1 saturated heterocycles. The normalized spacial score (nSPS) is 24.6. The first-order valence-electron chi connectivity index (χ1n) is 8.39. The van der Waals surface area contributed by atoms with Crippen LogP contribution in [-0.2, 0) is 10.0 Å². The van der Waals surface area contributed by atoms with E-state index >= 15 is 0 Å². The molecule has 2 atom stereocenters. The Labute approximate surface area is 131 Å². The molecule has 1 aliphatic heterocycles. The molecule has 21 heavy (non-hydrogen) atoms. The fourth-order valence-electron chi connectivity index (χ4n) is 2.93. The van der Waals surface area contributed by atoms with Crippen LogP contribution in [0.4, 0.5) is 0 Å². The Balaban J connectivity index is 2.52. The first kappa shape index (κ1) is 18.9. The zero-order valence-electron chi connectivity index (χ0n) is 14.1. The summed E-state index contributed by atoms with van der Waals surface area (Å²) in [6.45, 7) is 7.66. The van der Waals surface area contributed by atoms with Gasteiger partial charge in [0.2, 0.25) is 10.0 Å². The second-order valence-corrected chi connectivity index (χ2v) is 9.93. The van der Waals surface area contributed by atoms with Crippen LogP contribution in [0.1, 0.15) is 79.1 Å². The van der Waals surface area contributed by atoms with Crippen molar-refractivity contribution in [2.75, 3.05) is 6.54 Å². The molecular formula is C16H33NO3S. The Morgan fingerprint density at radius 1 is 1.10 bits per heavy atom. The molecule has 0 aromatic rings. The van der Waals surface area contributed by atoms with Crippen molar-refractivity contribution in [1.29, 1.82) is 0 Å². The lowest BCUT2D eigenvalue weighted by Crippen LogP contribution is -2.45. The van der Waals surface area contributed by atoms with Crippen LogP contribution in [0.3, 0.4) is 0 Å². The van der Waals surface area contributed by atoms with Gasteiger partial charge in [-0.15, -0.1) is 0 Å². The highest BCUT2D eigenvalue weighted by molar-refractivity contribution is 7.90. The first-order chi connectivity index (χ1) is 9.70. The van der Waals surface area contributed by atoms with Crippen LogP contribution in [-0.4, -0.2) is 41.3 Å². The Hall–Kier alpha value is -0.130. The third-order valence-electron chi connectivity index (χ3n) is 4.32. The van der Waals surface area contributed by atoms with Gasteiger partial charge in [0.15, 0.2) is 0 Å². The average molecular weight is 320 g/mol. The molecule has 1 fully saturated rings. The molecule has 0 saturated carbocycles. The van der Waals surface area contributed by atoms with Crippen LogP contribution < -0.4 is 0 Å².